The third kappa shape index (κ3) is 3.54. The molecule has 2 aromatic rings. The van der Waals surface area contributed by atoms with Crippen LogP contribution in [0.5, 0.6) is 0 Å². The summed E-state index contributed by atoms with van der Waals surface area (Å²) >= 11 is 0. The number of carbonyl (C=O) groups is 1. The highest BCUT2D eigenvalue weighted by Crippen LogP contribution is 2.34. The van der Waals surface area contributed by atoms with Crippen LogP contribution in [-0.2, 0) is 9.53 Å². The number of benzene rings is 1. The maximum atomic E-state index is 12.7. The number of nitrogens with zero attached hydrogens (tertiary/aromatic N) is 2. The van der Waals surface area contributed by atoms with E-state index in [1.807, 2.05) is 6.20 Å². The molecule has 1 amide bonds. The number of aryl methyl sites for hydroxylation is 1. The van der Waals surface area contributed by atoms with Crippen LogP contribution in [0.3, 0.4) is 0 Å². The fourth-order valence-corrected chi connectivity index (χ4v) is 4.24. The highest BCUT2D eigenvalue weighted by Gasteiger charge is 2.31. The van der Waals surface area contributed by atoms with Crippen molar-refractivity contribution in [3.63, 3.8) is 0 Å². The monoisotopic (exact) mass is 353 g/mol. The Morgan fingerprint density at radius 1 is 1.19 bits per heavy atom. The van der Waals surface area contributed by atoms with Gasteiger partial charge in [0.05, 0.1) is 6.20 Å². The van der Waals surface area contributed by atoms with Crippen molar-refractivity contribution in [3.8, 4) is 11.1 Å². The van der Waals surface area contributed by atoms with Crippen molar-refractivity contribution >= 4 is 5.91 Å². The average Bonchev–Trinajstić information content (AvgIpc) is 3.18. The lowest BCUT2D eigenvalue weighted by Crippen LogP contribution is -2.42. The number of hydrogen-bond donors (Lipinski definition) is 1. The first-order valence-corrected chi connectivity index (χ1v) is 9.69. The fraction of sp³-hybridized carbons (Fsp3) is 0.524. The molecular formula is C21H27N3O2. The van der Waals surface area contributed by atoms with Gasteiger partial charge in [-0.05, 0) is 38.2 Å². The zero-order valence-corrected chi connectivity index (χ0v) is 15.4. The van der Waals surface area contributed by atoms with E-state index in [1.54, 1.807) is 0 Å². The molecule has 0 radical (unpaired) electrons. The van der Waals surface area contributed by atoms with E-state index in [0.717, 1.165) is 52.0 Å². The van der Waals surface area contributed by atoms with E-state index in [2.05, 4.69) is 46.3 Å². The minimum Gasteiger partial charge on any atom is -0.381 e. The Hall–Kier alpha value is -2.14. The number of rotatable bonds is 3. The van der Waals surface area contributed by atoms with Gasteiger partial charge in [0.25, 0.3) is 0 Å². The maximum Gasteiger partial charge on any atom is 0.225 e. The summed E-state index contributed by atoms with van der Waals surface area (Å²) in [4.78, 5) is 14.8. The average molecular weight is 353 g/mol. The van der Waals surface area contributed by atoms with E-state index in [4.69, 9.17) is 4.74 Å². The molecular weight excluding hydrogens is 326 g/mol. The second-order valence-electron chi connectivity index (χ2n) is 7.55. The van der Waals surface area contributed by atoms with Gasteiger partial charge in [0.2, 0.25) is 5.91 Å². The largest absolute Gasteiger partial charge is 0.381 e. The molecule has 26 heavy (non-hydrogen) atoms. The highest BCUT2D eigenvalue weighted by molar-refractivity contribution is 5.79. The third-order valence-electron chi connectivity index (χ3n) is 5.78. The van der Waals surface area contributed by atoms with Crippen LogP contribution in [-0.4, -0.2) is 47.3 Å². The van der Waals surface area contributed by atoms with Crippen molar-refractivity contribution in [1.82, 2.24) is 15.1 Å². The van der Waals surface area contributed by atoms with Gasteiger partial charge in [-0.3, -0.25) is 9.89 Å². The summed E-state index contributed by atoms with van der Waals surface area (Å²) in [5.74, 6) is 0.928. The number of piperidine rings is 1. The van der Waals surface area contributed by atoms with Crippen LogP contribution in [0.15, 0.2) is 30.5 Å². The van der Waals surface area contributed by atoms with Crippen LogP contribution in [0.1, 0.15) is 42.9 Å². The van der Waals surface area contributed by atoms with Gasteiger partial charge in [0.15, 0.2) is 0 Å². The van der Waals surface area contributed by atoms with E-state index in [9.17, 15) is 4.79 Å². The van der Waals surface area contributed by atoms with E-state index in [0.29, 0.717) is 11.8 Å². The van der Waals surface area contributed by atoms with E-state index >= 15 is 0 Å². The Morgan fingerprint density at radius 2 is 1.96 bits per heavy atom. The minimum atomic E-state index is 0.162. The van der Waals surface area contributed by atoms with Crippen LogP contribution < -0.4 is 0 Å². The molecule has 0 bridgehead atoms. The second kappa shape index (κ2) is 7.62. The van der Waals surface area contributed by atoms with Gasteiger partial charge in [-0.25, -0.2) is 0 Å². The molecule has 2 saturated heterocycles. The third-order valence-corrected chi connectivity index (χ3v) is 5.78. The summed E-state index contributed by atoms with van der Waals surface area (Å²) in [7, 11) is 0. The van der Waals surface area contributed by atoms with E-state index in [1.165, 1.54) is 22.4 Å². The molecule has 0 unspecified atom stereocenters. The molecule has 2 fully saturated rings. The first kappa shape index (κ1) is 17.3. The number of ether oxygens (including phenoxy) is 1. The number of aromatic amines is 1. The molecule has 4 rings (SSSR count). The highest BCUT2D eigenvalue weighted by atomic mass is 16.5. The number of carbonyl (C=O) groups excluding carboxylic acids is 1. The van der Waals surface area contributed by atoms with Crippen molar-refractivity contribution in [2.24, 2.45) is 5.92 Å². The van der Waals surface area contributed by atoms with Crippen LogP contribution in [0, 0.1) is 12.8 Å². The number of likely N-dealkylation sites (tertiary alicyclic amines) is 1. The molecule has 2 aliphatic rings. The molecule has 1 N–H and O–H groups in total. The summed E-state index contributed by atoms with van der Waals surface area (Å²) in [6.45, 7) is 5.24. The molecule has 5 heteroatoms. The molecule has 5 nitrogen and oxygen atoms in total. The molecule has 0 spiro atoms. The SMILES string of the molecule is Cc1cccc(-c2cn[nH]c2C2CCN(C(=O)C3CCOCC3)CC2)c1. The van der Waals surface area contributed by atoms with Gasteiger partial charge < -0.3 is 9.64 Å². The van der Waals surface area contributed by atoms with Gasteiger partial charge >= 0.3 is 0 Å². The molecule has 0 saturated carbocycles. The van der Waals surface area contributed by atoms with Crippen LogP contribution >= 0.6 is 0 Å². The van der Waals surface area contributed by atoms with Crippen molar-refractivity contribution < 1.29 is 9.53 Å². The topological polar surface area (TPSA) is 58.2 Å². The van der Waals surface area contributed by atoms with Gasteiger partial charge in [-0.15, -0.1) is 0 Å². The van der Waals surface area contributed by atoms with Crippen LogP contribution in [0.2, 0.25) is 0 Å². The first-order valence-electron chi connectivity index (χ1n) is 9.69. The zero-order chi connectivity index (χ0) is 17.9. The maximum absolute atomic E-state index is 12.7. The van der Waals surface area contributed by atoms with Gasteiger partial charge in [-0.2, -0.15) is 5.10 Å². The summed E-state index contributed by atoms with van der Waals surface area (Å²) in [6, 6.07) is 8.56. The first-order chi connectivity index (χ1) is 12.7. The number of hydrogen-bond acceptors (Lipinski definition) is 3. The predicted octanol–water partition coefficient (Wildman–Crippen LogP) is 3.52. The summed E-state index contributed by atoms with van der Waals surface area (Å²) in [5.41, 5.74) is 4.89. The zero-order valence-electron chi connectivity index (χ0n) is 15.4. The van der Waals surface area contributed by atoms with Crippen molar-refractivity contribution in [2.45, 2.75) is 38.5 Å². The van der Waals surface area contributed by atoms with Crippen molar-refractivity contribution in [2.75, 3.05) is 26.3 Å². The van der Waals surface area contributed by atoms with E-state index in [-0.39, 0.29) is 5.92 Å². The quantitative estimate of drug-likeness (QED) is 0.918. The second-order valence-corrected chi connectivity index (χ2v) is 7.55. The van der Waals surface area contributed by atoms with Crippen molar-refractivity contribution in [3.05, 3.63) is 41.7 Å². The lowest BCUT2D eigenvalue weighted by Gasteiger charge is -2.35. The standard InChI is InChI=1S/C21H27N3O2/c1-15-3-2-4-18(13-15)19-14-22-23-20(19)16-5-9-24(10-6-16)21(25)17-7-11-26-12-8-17/h2-4,13-14,16-17H,5-12H2,1H3,(H,22,23). The van der Waals surface area contributed by atoms with Crippen molar-refractivity contribution in [1.29, 1.82) is 0 Å². The predicted molar refractivity (Wildman–Crippen MR) is 101 cm³/mol. The van der Waals surface area contributed by atoms with Crippen LogP contribution in [0.25, 0.3) is 11.1 Å². The Morgan fingerprint density at radius 3 is 2.69 bits per heavy atom. The Kier molecular flexibility index (Phi) is 5.07. The van der Waals surface area contributed by atoms with Crippen LogP contribution in [0.4, 0.5) is 0 Å². The number of aromatic nitrogens is 2. The molecule has 1 aromatic carbocycles. The molecule has 2 aliphatic heterocycles. The number of amides is 1. The Labute approximate surface area is 154 Å². The normalized spacial score (nSPS) is 19.7. The lowest BCUT2D eigenvalue weighted by molar-refractivity contribution is -0.139. The molecule has 3 heterocycles. The Balaban J connectivity index is 1.43. The molecule has 0 atom stereocenters. The van der Waals surface area contributed by atoms with Gasteiger partial charge in [0.1, 0.15) is 0 Å². The Bertz CT molecular complexity index is 756. The molecule has 0 aliphatic carbocycles. The smallest absolute Gasteiger partial charge is 0.225 e. The molecule has 1 aromatic heterocycles. The summed E-state index contributed by atoms with van der Waals surface area (Å²) in [6.07, 6.45) is 5.67. The van der Waals surface area contributed by atoms with Gasteiger partial charge in [-0.1, -0.05) is 29.8 Å². The minimum absolute atomic E-state index is 0.162. The lowest BCUT2D eigenvalue weighted by atomic mass is 9.88. The summed E-state index contributed by atoms with van der Waals surface area (Å²) in [5, 5.41) is 7.54. The number of nitrogens with one attached hydrogen (secondary N) is 1. The summed E-state index contributed by atoms with van der Waals surface area (Å²) < 4.78 is 5.38. The van der Waals surface area contributed by atoms with E-state index < -0.39 is 0 Å². The molecule has 138 valence electrons. The fourth-order valence-electron chi connectivity index (χ4n) is 4.24. The number of H-pyrrole nitrogens is 1. The van der Waals surface area contributed by atoms with Gasteiger partial charge in [0, 0.05) is 49.4 Å².